The fourth-order valence-electron chi connectivity index (χ4n) is 2.84. The fraction of sp³-hybridized carbons (Fsp3) is 0.375. The van der Waals surface area contributed by atoms with Gasteiger partial charge in [-0.05, 0) is 25.5 Å². The molecule has 0 amide bonds. The van der Waals surface area contributed by atoms with E-state index < -0.39 is 9.84 Å². The molecule has 0 fully saturated rings. The van der Waals surface area contributed by atoms with Crippen molar-refractivity contribution < 1.29 is 13.2 Å². The predicted octanol–water partition coefficient (Wildman–Crippen LogP) is 1.45. The van der Waals surface area contributed by atoms with Gasteiger partial charge < -0.3 is 4.90 Å². The summed E-state index contributed by atoms with van der Waals surface area (Å²) in [6, 6.07) is 3.13. The Balaban J connectivity index is 2.86. The van der Waals surface area contributed by atoms with Gasteiger partial charge in [-0.25, -0.2) is 8.42 Å². The zero-order chi connectivity index (χ0) is 18.2. The van der Waals surface area contributed by atoms with E-state index in [1.54, 1.807) is 38.9 Å². The quantitative estimate of drug-likeness (QED) is 0.823. The minimum Gasteiger partial charge on any atom is -0.376 e. The number of benzene rings is 1. The number of carbonyl (C=O) groups is 1. The summed E-state index contributed by atoms with van der Waals surface area (Å²) in [5.74, 6) is 0. The van der Waals surface area contributed by atoms with Crippen LogP contribution >= 0.6 is 0 Å². The van der Waals surface area contributed by atoms with E-state index in [2.05, 4.69) is 5.10 Å². The van der Waals surface area contributed by atoms with Crippen molar-refractivity contribution in [2.75, 3.05) is 25.3 Å². The van der Waals surface area contributed by atoms with Crippen LogP contribution in [0.4, 0.5) is 5.69 Å². The normalized spacial score (nSPS) is 11.5. The molecule has 0 aliphatic heterocycles. The Morgan fingerprint density at radius 2 is 1.92 bits per heavy atom. The number of nitrogens with one attached hydrogen (secondary N) is 1. The Labute approximate surface area is 140 Å². The minimum absolute atomic E-state index is 0.0387. The summed E-state index contributed by atoms with van der Waals surface area (Å²) in [4.78, 5) is 25.5. The number of aryl methyl sites for hydroxylation is 1. The van der Waals surface area contributed by atoms with Crippen molar-refractivity contribution in [2.24, 2.45) is 0 Å². The highest BCUT2D eigenvalue weighted by atomic mass is 32.2. The van der Waals surface area contributed by atoms with Gasteiger partial charge in [-0.3, -0.25) is 19.4 Å². The molecule has 1 aromatic heterocycles. The lowest BCUT2D eigenvalue weighted by Crippen LogP contribution is -2.17. The van der Waals surface area contributed by atoms with E-state index in [4.69, 9.17) is 0 Å². The standard InChI is InChI=1S/C16H21N3O4S/c1-6-19-16(21)12(9-20)14(17-19)11-7-8-13(24(5,22)23)15(10(11)2)18(3)4/h7-9,17H,6H2,1-5H3. The molecule has 0 radical (unpaired) electrons. The largest absolute Gasteiger partial charge is 0.376 e. The van der Waals surface area contributed by atoms with Gasteiger partial charge in [0.2, 0.25) is 0 Å². The van der Waals surface area contributed by atoms with Crippen LogP contribution in [0, 0.1) is 6.92 Å². The maximum atomic E-state index is 12.2. The van der Waals surface area contributed by atoms with Crippen molar-refractivity contribution in [3.63, 3.8) is 0 Å². The molecule has 0 aliphatic rings. The highest BCUT2D eigenvalue weighted by Gasteiger charge is 2.22. The Morgan fingerprint density at radius 3 is 2.38 bits per heavy atom. The Bertz CT molecular complexity index is 952. The van der Waals surface area contributed by atoms with Crippen LogP contribution in [0.1, 0.15) is 22.8 Å². The van der Waals surface area contributed by atoms with Gasteiger partial charge in [0.15, 0.2) is 16.1 Å². The van der Waals surface area contributed by atoms with Gasteiger partial charge in [0, 0.05) is 32.5 Å². The second-order valence-electron chi connectivity index (χ2n) is 5.82. The molecular weight excluding hydrogens is 330 g/mol. The van der Waals surface area contributed by atoms with E-state index >= 15 is 0 Å². The molecule has 130 valence electrons. The molecular formula is C16H21N3O4S. The Kier molecular flexibility index (Phi) is 4.70. The van der Waals surface area contributed by atoms with E-state index in [1.165, 1.54) is 10.7 Å². The molecule has 2 rings (SSSR count). The molecule has 0 unspecified atom stereocenters. The van der Waals surface area contributed by atoms with Crippen LogP contribution in [0.3, 0.4) is 0 Å². The Morgan fingerprint density at radius 1 is 1.29 bits per heavy atom. The molecule has 24 heavy (non-hydrogen) atoms. The highest BCUT2D eigenvalue weighted by molar-refractivity contribution is 7.90. The second-order valence-corrected chi connectivity index (χ2v) is 7.80. The molecule has 0 aliphatic carbocycles. The van der Waals surface area contributed by atoms with Gasteiger partial charge >= 0.3 is 0 Å². The topological polar surface area (TPSA) is 92.2 Å². The van der Waals surface area contributed by atoms with Crippen LogP contribution in [0.25, 0.3) is 11.3 Å². The fourth-order valence-corrected chi connectivity index (χ4v) is 3.84. The van der Waals surface area contributed by atoms with Crippen LogP contribution in [0.2, 0.25) is 0 Å². The van der Waals surface area contributed by atoms with Gasteiger partial charge in [-0.2, -0.15) is 0 Å². The van der Waals surface area contributed by atoms with Crippen LogP contribution in [0.5, 0.6) is 0 Å². The first-order chi connectivity index (χ1) is 11.1. The molecule has 0 spiro atoms. The number of rotatable bonds is 5. The number of aromatic nitrogens is 2. The van der Waals surface area contributed by atoms with Crippen molar-refractivity contribution in [2.45, 2.75) is 25.3 Å². The van der Waals surface area contributed by atoms with E-state index in [0.29, 0.717) is 35.3 Å². The van der Waals surface area contributed by atoms with Gasteiger partial charge in [0.05, 0.1) is 16.3 Å². The predicted molar refractivity (Wildman–Crippen MR) is 93.7 cm³/mol. The molecule has 0 bridgehead atoms. The molecule has 1 N–H and O–H groups in total. The van der Waals surface area contributed by atoms with Crippen LogP contribution in [-0.2, 0) is 16.4 Å². The van der Waals surface area contributed by atoms with Crippen molar-refractivity contribution in [1.29, 1.82) is 0 Å². The molecule has 0 saturated heterocycles. The number of aldehydes is 1. The van der Waals surface area contributed by atoms with Gasteiger partial charge in [-0.1, -0.05) is 6.07 Å². The summed E-state index contributed by atoms with van der Waals surface area (Å²) in [5.41, 5.74) is 1.89. The van der Waals surface area contributed by atoms with E-state index in [9.17, 15) is 18.0 Å². The number of nitrogens with zero attached hydrogens (tertiary/aromatic N) is 2. The SMILES string of the molecule is CCn1[nH]c(-c2ccc(S(C)(=O)=O)c(N(C)C)c2C)c(C=O)c1=O. The van der Waals surface area contributed by atoms with E-state index in [1.807, 2.05) is 0 Å². The van der Waals surface area contributed by atoms with E-state index in [-0.39, 0.29) is 16.0 Å². The third-order valence-electron chi connectivity index (χ3n) is 3.94. The monoisotopic (exact) mass is 351 g/mol. The number of sulfone groups is 1. The van der Waals surface area contributed by atoms with Crippen molar-refractivity contribution in [3.05, 3.63) is 33.6 Å². The summed E-state index contributed by atoms with van der Waals surface area (Å²) in [5, 5.41) is 2.94. The van der Waals surface area contributed by atoms with Gasteiger partial charge in [0.25, 0.3) is 5.56 Å². The maximum absolute atomic E-state index is 12.2. The smallest absolute Gasteiger partial charge is 0.277 e. The van der Waals surface area contributed by atoms with E-state index in [0.717, 1.165) is 6.26 Å². The van der Waals surface area contributed by atoms with Crippen molar-refractivity contribution in [3.8, 4) is 11.3 Å². The molecule has 0 saturated carbocycles. The zero-order valence-corrected chi connectivity index (χ0v) is 15.2. The van der Waals surface area contributed by atoms with Crippen LogP contribution < -0.4 is 10.5 Å². The average molecular weight is 351 g/mol. The first-order valence-corrected chi connectivity index (χ1v) is 9.31. The second kappa shape index (κ2) is 6.27. The molecule has 2 aromatic rings. The number of anilines is 1. The van der Waals surface area contributed by atoms with Crippen molar-refractivity contribution in [1.82, 2.24) is 9.78 Å². The summed E-state index contributed by atoms with van der Waals surface area (Å²) >= 11 is 0. The molecule has 0 atom stereocenters. The molecule has 8 heteroatoms. The zero-order valence-electron chi connectivity index (χ0n) is 14.4. The third-order valence-corrected chi connectivity index (χ3v) is 5.06. The number of H-pyrrole nitrogens is 1. The number of carbonyl (C=O) groups excluding carboxylic acids is 1. The van der Waals surface area contributed by atoms with Gasteiger partial charge in [-0.15, -0.1) is 0 Å². The molecule has 7 nitrogen and oxygen atoms in total. The van der Waals surface area contributed by atoms with Crippen LogP contribution in [0.15, 0.2) is 21.8 Å². The van der Waals surface area contributed by atoms with Gasteiger partial charge in [0.1, 0.15) is 5.56 Å². The summed E-state index contributed by atoms with van der Waals surface area (Å²) in [7, 11) is 0.0912. The number of hydrogen-bond donors (Lipinski definition) is 1. The maximum Gasteiger partial charge on any atom is 0.277 e. The average Bonchev–Trinajstić information content (AvgIpc) is 2.81. The molecule has 1 heterocycles. The Hall–Kier alpha value is -2.35. The summed E-state index contributed by atoms with van der Waals surface area (Å²) in [6.07, 6.45) is 1.68. The first-order valence-electron chi connectivity index (χ1n) is 7.42. The van der Waals surface area contributed by atoms with Crippen LogP contribution in [-0.4, -0.2) is 44.8 Å². The number of aromatic amines is 1. The number of hydrogen-bond acceptors (Lipinski definition) is 5. The molecule has 1 aromatic carbocycles. The highest BCUT2D eigenvalue weighted by Crippen LogP contribution is 2.35. The minimum atomic E-state index is -3.41. The van der Waals surface area contributed by atoms with Crippen molar-refractivity contribution >= 4 is 21.8 Å². The lowest BCUT2D eigenvalue weighted by Gasteiger charge is -2.21. The summed E-state index contributed by atoms with van der Waals surface area (Å²) < 4.78 is 25.4. The third kappa shape index (κ3) is 2.89. The first kappa shape index (κ1) is 18.0. The lowest BCUT2D eigenvalue weighted by molar-refractivity contribution is 0.112. The summed E-state index contributed by atoms with van der Waals surface area (Å²) in [6.45, 7) is 3.97. The lowest BCUT2D eigenvalue weighted by atomic mass is 10.0.